The molecule has 0 unspecified atom stereocenters. The lowest BCUT2D eigenvalue weighted by atomic mass is 9.86. The Bertz CT molecular complexity index is 357. The van der Waals surface area contributed by atoms with E-state index in [2.05, 4.69) is 5.32 Å². The average Bonchev–Trinajstić information content (AvgIpc) is 2.39. The number of ether oxygens (including phenoxy) is 1. The summed E-state index contributed by atoms with van der Waals surface area (Å²) < 4.78 is 5.17. The third-order valence-electron chi connectivity index (χ3n) is 4.05. The molecule has 1 amide bonds. The molecule has 1 heterocycles. The maximum Gasteiger partial charge on any atom is 0.329 e. The van der Waals surface area contributed by atoms with Crippen molar-refractivity contribution in [1.82, 2.24) is 5.32 Å². The van der Waals surface area contributed by atoms with Gasteiger partial charge in [-0.15, -0.1) is 0 Å². The number of carbonyl (C=O) groups is 2. The first-order valence-corrected chi connectivity index (χ1v) is 7.72. The Balaban J connectivity index is 2.71. The molecule has 0 saturated carbocycles. The maximum absolute atomic E-state index is 12.2. The molecule has 0 aromatic rings. The van der Waals surface area contributed by atoms with Gasteiger partial charge < -0.3 is 20.3 Å². The van der Waals surface area contributed by atoms with E-state index in [1.807, 2.05) is 13.8 Å². The Morgan fingerprint density at radius 2 is 1.71 bits per heavy atom. The molecule has 0 aromatic heterocycles. The zero-order chi connectivity index (χ0) is 15.9. The molecule has 6 nitrogen and oxygen atoms in total. The molecular weight excluding hydrogens is 274 g/mol. The van der Waals surface area contributed by atoms with Crippen molar-refractivity contribution in [3.8, 4) is 0 Å². The molecular formula is C15H27NO5. The van der Waals surface area contributed by atoms with Gasteiger partial charge in [-0.25, -0.2) is 4.79 Å². The number of nitrogens with one attached hydrogen (secondary N) is 1. The van der Waals surface area contributed by atoms with Gasteiger partial charge in [-0.05, 0) is 12.8 Å². The molecule has 1 saturated heterocycles. The van der Waals surface area contributed by atoms with Crippen LogP contribution >= 0.6 is 0 Å². The van der Waals surface area contributed by atoms with Gasteiger partial charge in [0.2, 0.25) is 5.91 Å². The fraction of sp³-hybridized carbons (Fsp3) is 0.867. The monoisotopic (exact) mass is 301 g/mol. The maximum atomic E-state index is 12.2. The van der Waals surface area contributed by atoms with Crippen molar-refractivity contribution < 1.29 is 24.5 Å². The second kappa shape index (κ2) is 7.75. The van der Waals surface area contributed by atoms with Gasteiger partial charge >= 0.3 is 5.97 Å². The van der Waals surface area contributed by atoms with Crippen LogP contribution in [-0.4, -0.2) is 46.4 Å². The Morgan fingerprint density at radius 3 is 2.14 bits per heavy atom. The third-order valence-corrected chi connectivity index (χ3v) is 4.05. The van der Waals surface area contributed by atoms with Gasteiger partial charge in [-0.1, -0.05) is 26.7 Å². The lowest BCUT2D eigenvalue weighted by molar-refractivity contribution is -0.153. The smallest absolute Gasteiger partial charge is 0.329 e. The number of carboxylic acids is 1. The van der Waals surface area contributed by atoms with Crippen LogP contribution in [0.5, 0.6) is 0 Å². The van der Waals surface area contributed by atoms with Crippen molar-refractivity contribution in [3.05, 3.63) is 0 Å². The van der Waals surface area contributed by atoms with E-state index in [1.54, 1.807) is 0 Å². The first-order chi connectivity index (χ1) is 9.87. The minimum absolute atomic E-state index is 0.0510. The van der Waals surface area contributed by atoms with E-state index < -0.39 is 23.0 Å². The lowest BCUT2D eigenvalue weighted by Gasteiger charge is -2.35. The third kappa shape index (κ3) is 4.97. The number of carbonyl (C=O) groups excluding carboxylic acids is 1. The van der Waals surface area contributed by atoms with Crippen molar-refractivity contribution in [2.24, 2.45) is 0 Å². The summed E-state index contributed by atoms with van der Waals surface area (Å²) in [5.74, 6) is -1.43. The largest absolute Gasteiger partial charge is 0.480 e. The summed E-state index contributed by atoms with van der Waals surface area (Å²) in [4.78, 5) is 23.7. The average molecular weight is 301 g/mol. The van der Waals surface area contributed by atoms with Gasteiger partial charge in [-0.2, -0.15) is 0 Å². The fourth-order valence-electron chi connectivity index (χ4n) is 2.95. The van der Waals surface area contributed by atoms with Crippen LogP contribution in [0.3, 0.4) is 0 Å². The molecule has 0 atom stereocenters. The summed E-state index contributed by atoms with van der Waals surface area (Å²) in [7, 11) is 0. The molecule has 0 bridgehead atoms. The van der Waals surface area contributed by atoms with Gasteiger partial charge in [0.1, 0.15) is 5.54 Å². The second-order valence-electron chi connectivity index (χ2n) is 5.95. The van der Waals surface area contributed by atoms with Crippen LogP contribution in [0.15, 0.2) is 0 Å². The number of hydrogen-bond acceptors (Lipinski definition) is 4. The zero-order valence-electron chi connectivity index (χ0n) is 13.0. The summed E-state index contributed by atoms with van der Waals surface area (Å²) in [6.45, 7) is 4.55. The van der Waals surface area contributed by atoms with Gasteiger partial charge in [0.05, 0.1) is 12.0 Å². The molecule has 1 rings (SSSR count). The molecule has 21 heavy (non-hydrogen) atoms. The number of rotatable bonds is 8. The number of aliphatic hydroxyl groups is 1. The van der Waals surface area contributed by atoms with E-state index in [0.29, 0.717) is 26.1 Å². The van der Waals surface area contributed by atoms with E-state index in [1.165, 1.54) is 0 Å². The highest BCUT2D eigenvalue weighted by molar-refractivity contribution is 5.87. The predicted molar refractivity (Wildman–Crippen MR) is 77.9 cm³/mol. The van der Waals surface area contributed by atoms with Crippen molar-refractivity contribution in [3.63, 3.8) is 0 Å². The Morgan fingerprint density at radius 1 is 1.19 bits per heavy atom. The molecule has 1 aliphatic rings. The van der Waals surface area contributed by atoms with Crippen LogP contribution in [0.2, 0.25) is 0 Å². The number of aliphatic carboxylic acids is 1. The first kappa shape index (κ1) is 17.9. The van der Waals surface area contributed by atoms with E-state index in [9.17, 15) is 19.8 Å². The van der Waals surface area contributed by atoms with Crippen LogP contribution in [0.25, 0.3) is 0 Å². The summed E-state index contributed by atoms with van der Waals surface area (Å²) in [6.07, 6.45) is 3.10. The lowest BCUT2D eigenvalue weighted by Crippen LogP contribution is -2.58. The van der Waals surface area contributed by atoms with Crippen LogP contribution in [0, 0.1) is 0 Å². The zero-order valence-corrected chi connectivity index (χ0v) is 13.0. The number of hydrogen-bond donors (Lipinski definition) is 3. The topological polar surface area (TPSA) is 95.9 Å². The number of carboxylic acid groups (broad SMARTS) is 1. The summed E-state index contributed by atoms with van der Waals surface area (Å²) in [6, 6.07) is 0. The van der Waals surface area contributed by atoms with Crippen molar-refractivity contribution in [2.45, 2.75) is 69.9 Å². The number of amides is 1. The minimum atomic E-state index is -1.26. The summed E-state index contributed by atoms with van der Waals surface area (Å²) in [5.41, 5.74) is -2.30. The van der Waals surface area contributed by atoms with Gasteiger partial charge in [0, 0.05) is 26.1 Å². The van der Waals surface area contributed by atoms with Gasteiger partial charge in [0.15, 0.2) is 0 Å². The van der Waals surface area contributed by atoms with Crippen LogP contribution in [-0.2, 0) is 14.3 Å². The Kier molecular flexibility index (Phi) is 6.61. The molecule has 0 radical (unpaired) electrons. The van der Waals surface area contributed by atoms with Crippen molar-refractivity contribution in [2.75, 3.05) is 13.2 Å². The second-order valence-corrected chi connectivity index (χ2v) is 5.95. The first-order valence-electron chi connectivity index (χ1n) is 7.72. The Labute approximate surface area is 125 Å². The van der Waals surface area contributed by atoms with Gasteiger partial charge in [-0.3, -0.25) is 4.79 Å². The summed E-state index contributed by atoms with van der Waals surface area (Å²) in [5, 5.41) is 22.5. The standard InChI is InChI=1S/C15H27NO5/c1-3-5-14(20,6-4-2)11-12(17)16-15(13(18)19)7-9-21-10-8-15/h20H,3-11H2,1-2H3,(H,16,17)(H,18,19). The van der Waals surface area contributed by atoms with Crippen molar-refractivity contribution >= 4 is 11.9 Å². The van der Waals surface area contributed by atoms with Crippen LogP contribution < -0.4 is 5.32 Å². The molecule has 1 fully saturated rings. The Hall–Kier alpha value is -1.14. The molecule has 6 heteroatoms. The van der Waals surface area contributed by atoms with E-state index in [-0.39, 0.29) is 19.3 Å². The predicted octanol–water partition coefficient (Wildman–Crippen LogP) is 1.46. The molecule has 0 spiro atoms. The molecule has 3 N–H and O–H groups in total. The summed E-state index contributed by atoms with van der Waals surface area (Å²) >= 11 is 0. The normalized spacial score (nSPS) is 18.2. The van der Waals surface area contributed by atoms with E-state index in [0.717, 1.165) is 12.8 Å². The highest BCUT2D eigenvalue weighted by Crippen LogP contribution is 2.26. The van der Waals surface area contributed by atoms with Gasteiger partial charge in [0.25, 0.3) is 0 Å². The van der Waals surface area contributed by atoms with Crippen LogP contribution in [0.1, 0.15) is 58.8 Å². The van der Waals surface area contributed by atoms with Crippen LogP contribution in [0.4, 0.5) is 0 Å². The fourth-order valence-corrected chi connectivity index (χ4v) is 2.95. The van der Waals surface area contributed by atoms with E-state index >= 15 is 0 Å². The van der Waals surface area contributed by atoms with E-state index in [4.69, 9.17) is 4.74 Å². The minimum Gasteiger partial charge on any atom is -0.480 e. The molecule has 122 valence electrons. The highest BCUT2D eigenvalue weighted by atomic mass is 16.5. The SMILES string of the molecule is CCCC(O)(CCC)CC(=O)NC1(C(=O)O)CCOCC1. The highest BCUT2D eigenvalue weighted by Gasteiger charge is 2.42. The van der Waals surface area contributed by atoms with Crippen molar-refractivity contribution in [1.29, 1.82) is 0 Å². The molecule has 0 aliphatic carbocycles. The molecule has 0 aromatic carbocycles. The quantitative estimate of drug-likeness (QED) is 0.631. The molecule has 1 aliphatic heterocycles.